The molecule has 0 aliphatic heterocycles. The third-order valence-electron chi connectivity index (χ3n) is 3.30. The van der Waals surface area contributed by atoms with Crippen LogP contribution in [-0.4, -0.2) is 17.0 Å². The lowest BCUT2D eigenvalue weighted by molar-refractivity contribution is -0.143. The molecule has 0 aliphatic rings. The number of benzene rings is 2. The summed E-state index contributed by atoms with van der Waals surface area (Å²) in [6.07, 6.45) is 0.205. The normalized spacial score (nSPS) is 11.7. The van der Waals surface area contributed by atoms with Crippen LogP contribution in [0.25, 0.3) is 0 Å². The summed E-state index contributed by atoms with van der Waals surface area (Å²) >= 11 is 7.99. The minimum absolute atomic E-state index is 0.0794. The van der Waals surface area contributed by atoms with Crippen LogP contribution in [0.3, 0.4) is 0 Å². The highest BCUT2D eigenvalue weighted by molar-refractivity contribution is 14.1. The van der Waals surface area contributed by atoms with Gasteiger partial charge in [0.2, 0.25) is 5.91 Å². The summed E-state index contributed by atoms with van der Waals surface area (Å²) < 4.78 is 1.06. The molecule has 1 amide bonds. The summed E-state index contributed by atoms with van der Waals surface area (Å²) in [6, 6.07) is 14.3. The van der Waals surface area contributed by atoms with Gasteiger partial charge in [0.05, 0.1) is 5.92 Å². The van der Waals surface area contributed by atoms with Gasteiger partial charge in [-0.15, -0.1) is 0 Å². The molecule has 23 heavy (non-hydrogen) atoms. The Kier molecular flexibility index (Phi) is 6.41. The maximum absolute atomic E-state index is 12.1. The Balaban J connectivity index is 1.98. The molecule has 0 aromatic heterocycles. The molecule has 1 atom stereocenters. The van der Waals surface area contributed by atoms with Gasteiger partial charge in [-0.2, -0.15) is 0 Å². The van der Waals surface area contributed by atoms with Crippen LogP contribution < -0.4 is 5.32 Å². The van der Waals surface area contributed by atoms with Gasteiger partial charge in [-0.05, 0) is 71.0 Å². The standard InChI is InChI=1S/C17H15ClINO3/c18-13-3-1-11(2-4-13)9-12(17(22)23)10-16(21)20-15-7-5-14(19)6-8-15/h1-8,12H,9-10H2,(H,20,21)(H,22,23). The molecule has 0 radical (unpaired) electrons. The van der Waals surface area contributed by atoms with E-state index in [1.807, 2.05) is 12.1 Å². The molecule has 2 rings (SSSR count). The van der Waals surface area contributed by atoms with Crippen molar-refractivity contribution in [1.82, 2.24) is 0 Å². The zero-order valence-electron chi connectivity index (χ0n) is 12.1. The van der Waals surface area contributed by atoms with E-state index in [0.29, 0.717) is 10.7 Å². The highest BCUT2D eigenvalue weighted by Gasteiger charge is 2.21. The first-order valence-electron chi connectivity index (χ1n) is 6.96. The molecule has 0 spiro atoms. The van der Waals surface area contributed by atoms with Gasteiger partial charge in [0.25, 0.3) is 0 Å². The second kappa shape index (κ2) is 8.31. The zero-order chi connectivity index (χ0) is 16.8. The van der Waals surface area contributed by atoms with E-state index in [9.17, 15) is 14.7 Å². The van der Waals surface area contributed by atoms with E-state index in [1.165, 1.54) is 0 Å². The smallest absolute Gasteiger partial charge is 0.307 e. The Morgan fingerprint density at radius 3 is 2.26 bits per heavy atom. The fourth-order valence-corrected chi connectivity index (χ4v) is 2.61. The number of halogens is 2. The fourth-order valence-electron chi connectivity index (χ4n) is 2.12. The van der Waals surface area contributed by atoms with Crippen molar-refractivity contribution in [3.8, 4) is 0 Å². The lowest BCUT2D eigenvalue weighted by atomic mass is 9.96. The first-order chi connectivity index (χ1) is 10.9. The van der Waals surface area contributed by atoms with Gasteiger partial charge in [0.15, 0.2) is 0 Å². The Labute approximate surface area is 153 Å². The molecule has 0 saturated heterocycles. The summed E-state index contributed by atoms with van der Waals surface area (Å²) in [5.74, 6) is -2.08. The van der Waals surface area contributed by atoms with Crippen molar-refractivity contribution in [1.29, 1.82) is 0 Å². The van der Waals surface area contributed by atoms with Crippen LogP contribution in [0.5, 0.6) is 0 Å². The maximum Gasteiger partial charge on any atom is 0.307 e. The quantitative estimate of drug-likeness (QED) is 0.657. The van der Waals surface area contributed by atoms with E-state index in [4.69, 9.17) is 11.6 Å². The molecule has 0 saturated carbocycles. The van der Waals surface area contributed by atoms with Crippen LogP contribution in [0, 0.1) is 9.49 Å². The lowest BCUT2D eigenvalue weighted by Crippen LogP contribution is -2.24. The summed E-state index contributed by atoms with van der Waals surface area (Å²) in [4.78, 5) is 23.5. The number of anilines is 1. The zero-order valence-corrected chi connectivity index (χ0v) is 15.0. The molecule has 1 unspecified atom stereocenters. The van der Waals surface area contributed by atoms with Crippen molar-refractivity contribution in [2.75, 3.05) is 5.32 Å². The van der Waals surface area contributed by atoms with E-state index < -0.39 is 11.9 Å². The van der Waals surface area contributed by atoms with Gasteiger partial charge in [0.1, 0.15) is 0 Å². The van der Waals surface area contributed by atoms with Gasteiger partial charge in [-0.3, -0.25) is 9.59 Å². The van der Waals surface area contributed by atoms with Crippen LogP contribution in [0.2, 0.25) is 5.02 Å². The Morgan fingerprint density at radius 2 is 1.70 bits per heavy atom. The summed E-state index contributed by atoms with van der Waals surface area (Å²) in [6.45, 7) is 0. The minimum Gasteiger partial charge on any atom is -0.481 e. The number of nitrogens with one attached hydrogen (secondary N) is 1. The molecule has 4 nitrogen and oxygen atoms in total. The molecular formula is C17H15ClINO3. The van der Waals surface area contributed by atoms with Crippen molar-refractivity contribution >= 4 is 51.8 Å². The number of carbonyl (C=O) groups is 2. The number of hydrogen-bond acceptors (Lipinski definition) is 2. The average Bonchev–Trinajstić information content (AvgIpc) is 2.51. The topological polar surface area (TPSA) is 66.4 Å². The molecule has 0 aliphatic carbocycles. The molecular weight excluding hydrogens is 429 g/mol. The molecule has 0 bridgehead atoms. The summed E-state index contributed by atoms with van der Waals surface area (Å²) in [5, 5.41) is 12.7. The molecule has 2 aromatic rings. The van der Waals surface area contributed by atoms with Crippen LogP contribution in [-0.2, 0) is 16.0 Å². The van der Waals surface area contributed by atoms with Gasteiger partial charge >= 0.3 is 5.97 Å². The number of hydrogen-bond donors (Lipinski definition) is 2. The number of aliphatic carboxylic acids is 1. The second-order valence-electron chi connectivity index (χ2n) is 5.12. The molecule has 6 heteroatoms. The Hall–Kier alpha value is -1.60. The van der Waals surface area contributed by atoms with E-state index in [0.717, 1.165) is 9.13 Å². The average molecular weight is 444 g/mol. The van der Waals surface area contributed by atoms with E-state index in [1.54, 1.807) is 36.4 Å². The highest BCUT2D eigenvalue weighted by Crippen LogP contribution is 2.17. The Bertz CT molecular complexity index is 686. The van der Waals surface area contributed by atoms with E-state index in [2.05, 4.69) is 27.9 Å². The Morgan fingerprint density at radius 1 is 1.09 bits per heavy atom. The van der Waals surface area contributed by atoms with Crippen molar-refractivity contribution in [2.24, 2.45) is 5.92 Å². The van der Waals surface area contributed by atoms with Crippen molar-refractivity contribution in [3.63, 3.8) is 0 Å². The molecule has 0 fully saturated rings. The molecule has 0 heterocycles. The number of amides is 1. The SMILES string of the molecule is O=C(CC(Cc1ccc(Cl)cc1)C(=O)O)Nc1ccc(I)cc1. The van der Waals surface area contributed by atoms with Crippen LogP contribution >= 0.6 is 34.2 Å². The van der Waals surface area contributed by atoms with Gasteiger partial charge in [0, 0.05) is 20.7 Å². The van der Waals surface area contributed by atoms with E-state index >= 15 is 0 Å². The highest BCUT2D eigenvalue weighted by atomic mass is 127. The van der Waals surface area contributed by atoms with Crippen LogP contribution in [0.1, 0.15) is 12.0 Å². The first kappa shape index (κ1) is 17.7. The van der Waals surface area contributed by atoms with Crippen LogP contribution in [0.4, 0.5) is 5.69 Å². The van der Waals surface area contributed by atoms with Crippen molar-refractivity contribution in [3.05, 3.63) is 62.7 Å². The molecule has 2 aromatic carbocycles. The second-order valence-corrected chi connectivity index (χ2v) is 6.81. The van der Waals surface area contributed by atoms with Gasteiger partial charge in [-0.25, -0.2) is 0 Å². The predicted molar refractivity (Wildman–Crippen MR) is 98.7 cm³/mol. The summed E-state index contributed by atoms with van der Waals surface area (Å²) in [5.41, 5.74) is 1.50. The molecule has 2 N–H and O–H groups in total. The van der Waals surface area contributed by atoms with Crippen LogP contribution in [0.15, 0.2) is 48.5 Å². The predicted octanol–water partition coefficient (Wildman–Crippen LogP) is 4.22. The third-order valence-corrected chi connectivity index (χ3v) is 4.28. The summed E-state index contributed by atoms with van der Waals surface area (Å²) in [7, 11) is 0. The fraction of sp³-hybridized carbons (Fsp3) is 0.176. The minimum atomic E-state index is -0.988. The van der Waals surface area contributed by atoms with Crippen molar-refractivity contribution < 1.29 is 14.7 Å². The first-order valence-corrected chi connectivity index (χ1v) is 8.42. The molecule has 120 valence electrons. The van der Waals surface area contributed by atoms with Gasteiger partial charge < -0.3 is 10.4 Å². The van der Waals surface area contributed by atoms with Gasteiger partial charge in [-0.1, -0.05) is 23.7 Å². The van der Waals surface area contributed by atoms with E-state index in [-0.39, 0.29) is 18.7 Å². The number of carboxylic acid groups (broad SMARTS) is 1. The monoisotopic (exact) mass is 443 g/mol. The van der Waals surface area contributed by atoms with Crippen molar-refractivity contribution in [2.45, 2.75) is 12.8 Å². The largest absolute Gasteiger partial charge is 0.481 e. The third kappa shape index (κ3) is 5.84. The maximum atomic E-state index is 12.1. The number of carbonyl (C=O) groups excluding carboxylic acids is 1. The number of rotatable bonds is 6. The number of carboxylic acids is 1. The lowest BCUT2D eigenvalue weighted by Gasteiger charge is -2.13.